The van der Waals surface area contributed by atoms with Gasteiger partial charge >= 0.3 is 0 Å². The van der Waals surface area contributed by atoms with E-state index in [-0.39, 0.29) is 41.2 Å². The second-order valence-corrected chi connectivity index (χ2v) is 18.1. The molecule has 4 rings (SSSR count). The molecule has 1 saturated heterocycles. The fourth-order valence-electron chi connectivity index (χ4n) is 9.41. The summed E-state index contributed by atoms with van der Waals surface area (Å²) in [6.07, 6.45) is 0.124. The highest BCUT2D eigenvalue weighted by Crippen LogP contribution is 2.68. The zero-order chi connectivity index (χ0) is 26.4. The molecule has 0 radical (unpaired) electrons. The Hall–Kier alpha value is -0.533. The zero-order valence-corrected chi connectivity index (χ0v) is 24.8. The van der Waals surface area contributed by atoms with E-state index in [1.165, 1.54) is 0 Å². The molecule has 9 atom stereocenters. The molecule has 0 spiro atoms. The van der Waals surface area contributed by atoms with Gasteiger partial charge in [0.05, 0.1) is 35.9 Å². The number of carbonyl (C=O) groups is 1. The predicted octanol–water partition coefficient (Wildman–Crippen LogP) is 5.50. The summed E-state index contributed by atoms with van der Waals surface area (Å²) in [6.45, 7) is 22.0. The van der Waals surface area contributed by atoms with Gasteiger partial charge in [0.2, 0.25) is 0 Å². The van der Waals surface area contributed by atoms with Gasteiger partial charge in [-0.1, -0.05) is 55.4 Å². The molecule has 1 aliphatic heterocycles. The summed E-state index contributed by atoms with van der Waals surface area (Å²) in [7, 11) is -2.00. The van der Waals surface area contributed by atoms with Gasteiger partial charge in [0.25, 0.3) is 0 Å². The molecule has 0 aromatic heterocycles. The average Bonchev–Trinajstić information content (AvgIpc) is 2.80. The van der Waals surface area contributed by atoms with Gasteiger partial charge in [-0.2, -0.15) is 0 Å². The Balaban J connectivity index is 1.97. The summed E-state index contributed by atoms with van der Waals surface area (Å²) in [4.78, 5) is 14.8. The lowest BCUT2D eigenvalue weighted by Gasteiger charge is -2.69. The number of aliphatic hydroxyl groups excluding tert-OH is 1. The van der Waals surface area contributed by atoms with Crippen LogP contribution in [0.2, 0.25) is 18.1 Å². The van der Waals surface area contributed by atoms with Gasteiger partial charge in [0.15, 0.2) is 8.32 Å². The van der Waals surface area contributed by atoms with Gasteiger partial charge in [-0.05, 0) is 55.0 Å². The van der Waals surface area contributed by atoms with E-state index in [1.54, 1.807) is 0 Å². The van der Waals surface area contributed by atoms with E-state index in [4.69, 9.17) is 9.16 Å². The lowest BCUT2D eigenvalue weighted by atomic mass is 9.40. The van der Waals surface area contributed by atoms with Gasteiger partial charge in [0, 0.05) is 29.6 Å². The van der Waals surface area contributed by atoms with Crippen LogP contribution in [0.15, 0.2) is 11.1 Å². The lowest BCUT2D eigenvalue weighted by Crippen LogP contribution is -2.75. The summed E-state index contributed by atoms with van der Waals surface area (Å²) in [5.41, 5.74) is -0.908. The Morgan fingerprint density at radius 1 is 1.09 bits per heavy atom. The molecule has 35 heavy (non-hydrogen) atoms. The summed E-state index contributed by atoms with van der Waals surface area (Å²) in [5.74, 6) is -0.480. The maximum atomic E-state index is 14.8. The second kappa shape index (κ2) is 8.49. The van der Waals surface area contributed by atoms with E-state index in [0.29, 0.717) is 13.0 Å². The summed E-state index contributed by atoms with van der Waals surface area (Å²) < 4.78 is 13.4. The van der Waals surface area contributed by atoms with Gasteiger partial charge in [0.1, 0.15) is 5.78 Å². The fraction of sp³-hybridized carbons (Fsp3) is 0.897. The number of aliphatic hydroxyl groups is 2. The zero-order valence-electron chi connectivity index (χ0n) is 23.8. The standard InChI is InChI=1S/C29H50O5Si/c1-11-35(12-2,13-3)34-22-14-21-27(9,16-33-21)24-19(6)29(32)15-20(30)17(4)23(26(29,7)8)18(5)25(31)28(22,24)10/h18-22,24,30,32H,11-16H2,1-10H3/t18-,19+,20+,21-,22+,24?,27-,28-,29-/m1/s1. The first-order chi connectivity index (χ1) is 16.1. The Bertz CT molecular complexity index is 900. The Morgan fingerprint density at radius 3 is 2.14 bits per heavy atom. The summed E-state index contributed by atoms with van der Waals surface area (Å²) >= 11 is 0. The Kier molecular flexibility index (Phi) is 6.67. The number of ether oxygens (including phenoxy) is 1. The van der Waals surface area contributed by atoms with Crippen molar-refractivity contribution in [2.75, 3.05) is 6.61 Å². The fourth-order valence-corrected chi connectivity index (χ4v) is 12.4. The van der Waals surface area contributed by atoms with Crippen LogP contribution >= 0.6 is 0 Å². The molecule has 0 aromatic rings. The van der Waals surface area contributed by atoms with E-state index in [9.17, 15) is 15.0 Å². The van der Waals surface area contributed by atoms with Crippen molar-refractivity contribution in [3.8, 4) is 0 Å². The van der Waals surface area contributed by atoms with E-state index >= 15 is 0 Å². The van der Waals surface area contributed by atoms with Crippen LogP contribution in [0.4, 0.5) is 0 Å². The quantitative estimate of drug-likeness (QED) is 0.380. The average molecular weight is 507 g/mol. The number of fused-ring (bicyclic) bond motifs is 5. The van der Waals surface area contributed by atoms with Crippen molar-refractivity contribution in [2.24, 2.45) is 34.0 Å². The van der Waals surface area contributed by atoms with E-state index < -0.39 is 30.9 Å². The molecule has 200 valence electrons. The number of hydrogen-bond acceptors (Lipinski definition) is 5. The highest BCUT2D eigenvalue weighted by molar-refractivity contribution is 6.73. The predicted molar refractivity (Wildman–Crippen MR) is 142 cm³/mol. The maximum Gasteiger partial charge on any atom is 0.192 e. The van der Waals surface area contributed by atoms with E-state index in [0.717, 1.165) is 35.7 Å². The third-order valence-electron chi connectivity index (χ3n) is 11.9. The topological polar surface area (TPSA) is 76.0 Å². The number of hydrogen-bond donors (Lipinski definition) is 2. The minimum absolute atomic E-state index is 0.0322. The van der Waals surface area contributed by atoms with Crippen LogP contribution in [0.3, 0.4) is 0 Å². The Morgan fingerprint density at radius 2 is 1.66 bits per heavy atom. The van der Waals surface area contributed by atoms with Crippen molar-refractivity contribution < 1.29 is 24.2 Å². The van der Waals surface area contributed by atoms with Crippen molar-refractivity contribution >= 4 is 14.1 Å². The smallest absolute Gasteiger partial charge is 0.192 e. The monoisotopic (exact) mass is 506 g/mol. The molecule has 5 nitrogen and oxygen atoms in total. The molecule has 1 heterocycles. The first-order valence-electron chi connectivity index (χ1n) is 14.1. The SMILES string of the molecule is CC[Si](CC)(CC)O[C@H]1C[C@H]2OC[C@@]2(C)C2[C@H](C)[C@]3(O)C[C@H](O)C(C)=C([C@@H](C)C(=O)[C@@]21C)C3(C)C. The third kappa shape index (κ3) is 3.35. The first-order valence-corrected chi connectivity index (χ1v) is 16.6. The molecule has 2 N–H and O–H groups in total. The summed E-state index contributed by atoms with van der Waals surface area (Å²) in [5, 5.41) is 23.7. The minimum atomic E-state index is -2.00. The van der Waals surface area contributed by atoms with Gasteiger partial charge < -0.3 is 19.4 Å². The van der Waals surface area contributed by atoms with Gasteiger partial charge in [-0.25, -0.2) is 0 Å². The van der Waals surface area contributed by atoms with Gasteiger partial charge in [-0.15, -0.1) is 0 Å². The van der Waals surface area contributed by atoms with Crippen molar-refractivity contribution in [1.82, 2.24) is 0 Å². The molecule has 6 heteroatoms. The van der Waals surface area contributed by atoms with Crippen LogP contribution in [0.25, 0.3) is 0 Å². The summed E-state index contributed by atoms with van der Waals surface area (Å²) in [6, 6.07) is 3.10. The largest absolute Gasteiger partial charge is 0.413 e. The molecular weight excluding hydrogens is 456 g/mol. The van der Waals surface area contributed by atoms with Crippen LogP contribution in [-0.2, 0) is 14.0 Å². The molecule has 0 aromatic carbocycles. The number of rotatable bonds is 5. The first kappa shape index (κ1) is 27.5. The van der Waals surface area contributed by atoms with Crippen molar-refractivity contribution in [1.29, 1.82) is 0 Å². The number of Topliss-reactive ketones (excluding diaryl/α,β-unsaturated/α-hetero) is 1. The molecule has 4 aliphatic rings. The van der Waals surface area contributed by atoms with Crippen molar-refractivity contribution in [3.63, 3.8) is 0 Å². The highest BCUT2D eigenvalue weighted by atomic mass is 28.4. The third-order valence-corrected chi connectivity index (χ3v) is 16.6. The van der Waals surface area contributed by atoms with Gasteiger partial charge in [-0.3, -0.25) is 4.79 Å². The molecule has 2 bridgehead atoms. The molecule has 2 saturated carbocycles. The molecule has 0 amide bonds. The van der Waals surface area contributed by atoms with Crippen LogP contribution in [-0.4, -0.2) is 54.8 Å². The number of ketones is 1. The highest BCUT2D eigenvalue weighted by Gasteiger charge is 2.72. The van der Waals surface area contributed by atoms with Crippen LogP contribution in [0, 0.1) is 34.0 Å². The Labute approximate surface area is 214 Å². The van der Waals surface area contributed by atoms with Crippen molar-refractivity contribution in [3.05, 3.63) is 11.1 Å². The maximum absolute atomic E-state index is 14.8. The minimum Gasteiger partial charge on any atom is -0.413 e. The normalized spacial score (nSPS) is 47.4. The number of carbonyl (C=O) groups excluding carboxylic acids is 1. The molecule has 1 unspecified atom stereocenters. The van der Waals surface area contributed by atoms with Crippen LogP contribution < -0.4 is 0 Å². The molecular formula is C29H50O5Si. The van der Waals surface area contributed by atoms with Crippen LogP contribution in [0.5, 0.6) is 0 Å². The lowest BCUT2D eigenvalue weighted by molar-refractivity contribution is -0.299. The van der Waals surface area contributed by atoms with E-state index in [1.807, 2.05) is 13.8 Å². The molecule has 3 aliphatic carbocycles. The van der Waals surface area contributed by atoms with E-state index in [2.05, 4.69) is 55.4 Å². The molecule has 3 fully saturated rings. The second-order valence-electron chi connectivity index (χ2n) is 13.4. The van der Waals surface area contributed by atoms with Crippen LogP contribution in [0.1, 0.15) is 82.1 Å². The van der Waals surface area contributed by atoms with Crippen molar-refractivity contribution in [2.45, 2.75) is 124 Å².